The van der Waals surface area contributed by atoms with Crippen LogP contribution in [0.5, 0.6) is 0 Å². The molecule has 0 saturated carbocycles. The van der Waals surface area contributed by atoms with Crippen LogP contribution >= 0.6 is 7.60 Å². The number of amides is 2. The zero-order chi connectivity index (χ0) is 27.6. The highest BCUT2D eigenvalue weighted by molar-refractivity contribution is 7.53. The molecule has 8 heteroatoms. The van der Waals surface area contributed by atoms with Gasteiger partial charge in [-0.05, 0) is 44.8 Å². The van der Waals surface area contributed by atoms with E-state index in [1.165, 1.54) is 0 Å². The van der Waals surface area contributed by atoms with Crippen LogP contribution in [0.4, 0.5) is 5.69 Å². The largest absolute Gasteiger partial charge is 0.342 e. The van der Waals surface area contributed by atoms with Crippen LogP contribution < -0.4 is 5.32 Å². The van der Waals surface area contributed by atoms with Crippen LogP contribution in [0.15, 0.2) is 109 Å². The molecule has 1 unspecified atom stereocenters. The molecule has 3 N–H and O–H groups in total. The maximum atomic E-state index is 13.6. The number of rotatable bonds is 7. The van der Waals surface area contributed by atoms with Gasteiger partial charge >= 0.3 is 7.60 Å². The Morgan fingerprint density at radius 3 is 2.08 bits per heavy atom. The molecule has 0 bridgehead atoms. The fraction of sp³-hybridized carbons (Fsp3) is 0.0968. The highest BCUT2D eigenvalue weighted by Gasteiger charge is 2.38. The molecule has 0 aliphatic carbocycles. The molecule has 0 fully saturated rings. The van der Waals surface area contributed by atoms with Crippen LogP contribution in [0.25, 0.3) is 21.5 Å². The zero-order valence-corrected chi connectivity index (χ0v) is 22.1. The summed E-state index contributed by atoms with van der Waals surface area (Å²) in [7, 11) is -3.28. The van der Waals surface area contributed by atoms with Gasteiger partial charge < -0.3 is 20.0 Å². The van der Waals surface area contributed by atoms with E-state index in [2.05, 4.69) is 5.32 Å². The van der Waals surface area contributed by atoms with Crippen LogP contribution in [0, 0.1) is 0 Å². The van der Waals surface area contributed by atoms with Crippen LogP contribution in [-0.2, 0) is 15.9 Å². The van der Waals surface area contributed by atoms with Crippen molar-refractivity contribution in [3.63, 3.8) is 0 Å². The van der Waals surface area contributed by atoms with Gasteiger partial charge in [-0.2, -0.15) is 0 Å². The third-order valence-corrected chi connectivity index (χ3v) is 7.87. The molecule has 0 radical (unpaired) electrons. The van der Waals surface area contributed by atoms with E-state index < -0.39 is 19.2 Å². The highest BCUT2D eigenvalue weighted by Crippen LogP contribution is 2.53. The number of carbonyl (C=O) groups excluding carboxylic acids is 2. The van der Waals surface area contributed by atoms with Gasteiger partial charge in [0.15, 0.2) is 5.66 Å². The third kappa shape index (κ3) is 5.61. The summed E-state index contributed by atoms with van der Waals surface area (Å²) in [5.74, 6) is -1.23. The lowest BCUT2D eigenvalue weighted by Crippen LogP contribution is -2.28. The van der Waals surface area contributed by atoms with Gasteiger partial charge in [0.05, 0.1) is 11.3 Å². The van der Waals surface area contributed by atoms with E-state index in [0.29, 0.717) is 11.9 Å². The van der Waals surface area contributed by atoms with E-state index in [-0.39, 0.29) is 22.7 Å². The number of fused-ring (bicyclic) bond motifs is 2. The number of anilines is 1. The molecule has 5 rings (SSSR count). The smallest absolute Gasteiger partial charge is 0.337 e. The summed E-state index contributed by atoms with van der Waals surface area (Å²) in [6.07, 6.45) is 0. The van der Waals surface area contributed by atoms with E-state index in [9.17, 15) is 23.9 Å². The Labute approximate surface area is 225 Å². The van der Waals surface area contributed by atoms with E-state index in [1.54, 1.807) is 48.3 Å². The number of hydrogen-bond acceptors (Lipinski definition) is 3. The Kier molecular flexibility index (Phi) is 7.31. The SMILES string of the molecule is CN(Cc1ccccc1)C(=O)c1cc2ccccc2cc1NC(=O)C(c1cccc2ccccc12)P(=O)(O)O. The van der Waals surface area contributed by atoms with Crippen molar-refractivity contribution in [1.29, 1.82) is 0 Å². The first-order valence-electron chi connectivity index (χ1n) is 12.4. The van der Waals surface area contributed by atoms with Crippen LogP contribution in [-0.4, -0.2) is 33.5 Å². The molecular formula is C31H27N2O5P. The predicted molar refractivity (Wildman–Crippen MR) is 154 cm³/mol. The third-order valence-electron chi connectivity index (χ3n) is 6.69. The molecule has 5 aromatic carbocycles. The van der Waals surface area contributed by atoms with Crippen molar-refractivity contribution in [2.75, 3.05) is 12.4 Å². The number of carbonyl (C=O) groups is 2. The summed E-state index contributed by atoms with van der Waals surface area (Å²) >= 11 is 0. The Morgan fingerprint density at radius 1 is 0.795 bits per heavy atom. The van der Waals surface area contributed by atoms with E-state index in [0.717, 1.165) is 21.7 Å². The molecule has 0 heterocycles. The van der Waals surface area contributed by atoms with Crippen molar-refractivity contribution < 1.29 is 23.9 Å². The maximum absolute atomic E-state index is 13.6. The normalized spacial score (nSPS) is 12.3. The number of nitrogens with one attached hydrogen (secondary N) is 1. The molecule has 0 spiro atoms. The second-order valence-electron chi connectivity index (χ2n) is 9.44. The second-order valence-corrected chi connectivity index (χ2v) is 11.1. The monoisotopic (exact) mass is 538 g/mol. The molecule has 0 aliphatic rings. The van der Waals surface area contributed by atoms with Crippen molar-refractivity contribution in [3.05, 3.63) is 126 Å². The molecule has 5 aromatic rings. The van der Waals surface area contributed by atoms with Gasteiger partial charge in [0.2, 0.25) is 5.91 Å². The van der Waals surface area contributed by atoms with Gasteiger partial charge in [-0.15, -0.1) is 0 Å². The first-order valence-corrected chi connectivity index (χ1v) is 14.1. The molecule has 2 amide bonds. The number of hydrogen-bond donors (Lipinski definition) is 3. The molecule has 39 heavy (non-hydrogen) atoms. The molecule has 7 nitrogen and oxygen atoms in total. The topological polar surface area (TPSA) is 107 Å². The number of nitrogens with zero attached hydrogens (tertiary/aromatic N) is 1. The van der Waals surface area contributed by atoms with Crippen LogP contribution in [0.1, 0.15) is 27.1 Å². The molecule has 1 atom stereocenters. The van der Waals surface area contributed by atoms with E-state index in [1.807, 2.05) is 72.8 Å². The summed E-state index contributed by atoms with van der Waals surface area (Å²) in [6, 6.07) is 32.4. The van der Waals surface area contributed by atoms with Crippen molar-refractivity contribution in [1.82, 2.24) is 4.90 Å². The summed E-state index contributed by atoms with van der Waals surface area (Å²) < 4.78 is 12.7. The lowest BCUT2D eigenvalue weighted by Gasteiger charge is -2.23. The Bertz CT molecular complexity index is 1730. The van der Waals surface area contributed by atoms with Gasteiger partial charge in [-0.1, -0.05) is 97.1 Å². The van der Waals surface area contributed by atoms with Gasteiger partial charge in [0.1, 0.15) is 0 Å². The first kappa shape index (κ1) is 26.3. The predicted octanol–water partition coefficient (Wildman–Crippen LogP) is 6.12. The standard InChI is InChI=1S/C31H27N2O5P/c1-33(20-21-10-3-2-4-11-21)31(35)27-18-23-13-5-6-14-24(23)19-28(27)32-30(34)29(39(36,37)38)26-17-9-15-22-12-7-8-16-25(22)26/h2-19,29H,20H2,1H3,(H,32,34)(H2,36,37,38). The first-order chi connectivity index (χ1) is 18.7. The fourth-order valence-corrected chi connectivity index (χ4v) is 5.78. The minimum Gasteiger partial charge on any atom is -0.337 e. The lowest BCUT2D eigenvalue weighted by molar-refractivity contribution is -0.116. The number of benzene rings is 5. The summed E-state index contributed by atoms with van der Waals surface area (Å²) in [5, 5.41) is 5.59. The quantitative estimate of drug-likeness (QED) is 0.216. The van der Waals surface area contributed by atoms with Gasteiger partial charge in [-0.25, -0.2) is 0 Å². The van der Waals surface area contributed by atoms with Crippen molar-refractivity contribution in [2.24, 2.45) is 0 Å². The average molecular weight is 539 g/mol. The molecular weight excluding hydrogens is 511 g/mol. The summed E-state index contributed by atoms with van der Waals surface area (Å²) in [6.45, 7) is 0.348. The molecule has 0 aromatic heterocycles. The van der Waals surface area contributed by atoms with E-state index >= 15 is 0 Å². The second kappa shape index (κ2) is 10.8. The molecule has 0 aliphatic heterocycles. The van der Waals surface area contributed by atoms with Gasteiger partial charge in [0, 0.05) is 13.6 Å². The highest BCUT2D eigenvalue weighted by atomic mass is 31.2. The summed E-state index contributed by atoms with van der Waals surface area (Å²) in [5.41, 5.74) is -0.198. The maximum Gasteiger partial charge on any atom is 0.342 e. The van der Waals surface area contributed by atoms with Crippen molar-refractivity contribution in [2.45, 2.75) is 12.2 Å². The lowest BCUT2D eigenvalue weighted by atomic mass is 10.0. The van der Waals surface area contributed by atoms with Crippen molar-refractivity contribution >= 4 is 46.6 Å². The summed E-state index contributed by atoms with van der Waals surface area (Å²) in [4.78, 5) is 49.4. The van der Waals surface area contributed by atoms with Crippen LogP contribution in [0.2, 0.25) is 0 Å². The minimum atomic E-state index is -4.95. The fourth-order valence-electron chi connectivity index (χ4n) is 4.82. The molecule has 196 valence electrons. The molecule has 0 saturated heterocycles. The van der Waals surface area contributed by atoms with Gasteiger partial charge in [-0.3, -0.25) is 14.2 Å². The van der Waals surface area contributed by atoms with Gasteiger partial charge in [0.25, 0.3) is 5.91 Å². The van der Waals surface area contributed by atoms with Crippen LogP contribution in [0.3, 0.4) is 0 Å². The van der Waals surface area contributed by atoms with Crippen molar-refractivity contribution in [3.8, 4) is 0 Å². The average Bonchev–Trinajstić information content (AvgIpc) is 2.92. The zero-order valence-electron chi connectivity index (χ0n) is 21.2. The van der Waals surface area contributed by atoms with E-state index in [4.69, 9.17) is 0 Å². The minimum absolute atomic E-state index is 0.183. The Hall–Kier alpha value is -4.29. The Balaban J connectivity index is 1.55. The Morgan fingerprint density at radius 2 is 1.38 bits per heavy atom.